The Morgan fingerprint density at radius 3 is 2.69 bits per heavy atom. The molecule has 0 spiro atoms. The number of carboxylic acid groups (broad SMARTS) is 1. The Kier molecular flexibility index (Phi) is 6.46. The molecule has 1 aromatic heterocycles. The van der Waals surface area contributed by atoms with E-state index in [1.807, 2.05) is 24.3 Å². The van der Waals surface area contributed by atoms with Crippen molar-refractivity contribution in [3.05, 3.63) is 72.2 Å². The van der Waals surface area contributed by atoms with Gasteiger partial charge in [0.25, 0.3) is 5.91 Å². The van der Waals surface area contributed by atoms with Crippen molar-refractivity contribution in [3.8, 4) is 0 Å². The molecule has 2 atom stereocenters. The average molecular weight is 398 g/mol. The third-order valence-electron chi connectivity index (χ3n) is 4.68. The summed E-state index contributed by atoms with van der Waals surface area (Å²) in [7, 11) is 0. The zero-order valence-corrected chi connectivity index (χ0v) is 15.7. The van der Waals surface area contributed by atoms with Gasteiger partial charge in [-0.15, -0.1) is 6.58 Å². The number of carbonyl (C=O) groups is 3. The van der Waals surface area contributed by atoms with Crippen molar-refractivity contribution >= 4 is 17.8 Å². The second kappa shape index (κ2) is 9.20. The van der Waals surface area contributed by atoms with E-state index in [4.69, 9.17) is 9.15 Å². The number of fused-ring (bicyclic) bond motifs is 1. The van der Waals surface area contributed by atoms with Gasteiger partial charge in [0.2, 0.25) is 5.91 Å². The lowest BCUT2D eigenvalue weighted by atomic mass is 9.93. The van der Waals surface area contributed by atoms with Gasteiger partial charge >= 0.3 is 5.97 Å². The second-order valence-corrected chi connectivity index (χ2v) is 6.62. The largest absolute Gasteiger partial charge is 0.480 e. The monoisotopic (exact) mass is 398 g/mol. The van der Waals surface area contributed by atoms with E-state index in [1.165, 1.54) is 23.3 Å². The van der Waals surface area contributed by atoms with Crippen LogP contribution >= 0.6 is 0 Å². The van der Waals surface area contributed by atoms with Gasteiger partial charge < -0.3 is 24.5 Å². The standard InChI is InChI=1S/C21H22N2O6/c1-2-9-28-13-16(21(26)27)22-19(24)17-11-14-6-3-4-7-15(14)12-23(17)20(25)18-8-5-10-29-18/h2-8,10,16-17H,1,9,11-13H2,(H,22,24)(H,26,27). The Morgan fingerprint density at radius 2 is 2.03 bits per heavy atom. The van der Waals surface area contributed by atoms with E-state index < -0.39 is 29.9 Å². The first-order chi connectivity index (χ1) is 14.0. The summed E-state index contributed by atoms with van der Waals surface area (Å²) in [5.41, 5.74) is 1.87. The minimum Gasteiger partial charge on any atom is -0.480 e. The number of furan rings is 1. The predicted molar refractivity (Wildman–Crippen MR) is 103 cm³/mol. The number of carboxylic acids is 1. The van der Waals surface area contributed by atoms with E-state index in [0.29, 0.717) is 0 Å². The summed E-state index contributed by atoms with van der Waals surface area (Å²) >= 11 is 0. The minimum atomic E-state index is -1.24. The van der Waals surface area contributed by atoms with Crippen LogP contribution in [0.25, 0.3) is 0 Å². The molecule has 8 heteroatoms. The molecule has 0 saturated carbocycles. The van der Waals surface area contributed by atoms with Crippen LogP contribution in [-0.2, 0) is 27.3 Å². The molecular weight excluding hydrogens is 376 g/mol. The fourth-order valence-corrected chi connectivity index (χ4v) is 3.22. The highest BCUT2D eigenvalue weighted by Crippen LogP contribution is 2.25. The Bertz CT molecular complexity index is 892. The van der Waals surface area contributed by atoms with Crippen LogP contribution in [0.5, 0.6) is 0 Å². The summed E-state index contributed by atoms with van der Waals surface area (Å²) in [5.74, 6) is -2.10. The average Bonchev–Trinajstić information content (AvgIpc) is 3.26. The number of amides is 2. The smallest absolute Gasteiger partial charge is 0.328 e. The van der Waals surface area contributed by atoms with Crippen molar-refractivity contribution in [2.75, 3.05) is 13.2 Å². The van der Waals surface area contributed by atoms with E-state index in [0.717, 1.165) is 11.1 Å². The molecule has 0 aliphatic carbocycles. The number of hydrogen-bond donors (Lipinski definition) is 2. The fraction of sp³-hybridized carbons (Fsp3) is 0.286. The number of nitrogens with one attached hydrogen (secondary N) is 1. The number of hydrogen-bond acceptors (Lipinski definition) is 5. The summed E-state index contributed by atoms with van der Waals surface area (Å²) in [6.45, 7) is 3.68. The molecule has 3 rings (SSSR count). The Balaban J connectivity index is 1.82. The zero-order valence-electron chi connectivity index (χ0n) is 15.7. The number of carbonyl (C=O) groups excluding carboxylic acids is 2. The normalized spacial score (nSPS) is 16.6. The quantitative estimate of drug-likeness (QED) is 0.517. The van der Waals surface area contributed by atoms with Gasteiger partial charge in [0.15, 0.2) is 11.8 Å². The first kappa shape index (κ1) is 20.3. The molecule has 2 unspecified atom stereocenters. The molecule has 2 N–H and O–H groups in total. The van der Waals surface area contributed by atoms with Crippen LogP contribution in [0.3, 0.4) is 0 Å². The molecule has 1 aromatic carbocycles. The number of rotatable bonds is 8. The van der Waals surface area contributed by atoms with Gasteiger partial charge in [0.1, 0.15) is 6.04 Å². The van der Waals surface area contributed by atoms with Gasteiger partial charge in [-0.1, -0.05) is 30.3 Å². The van der Waals surface area contributed by atoms with E-state index in [-0.39, 0.29) is 31.9 Å². The van der Waals surface area contributed by atoms with Crippen LogP contribution in [0.1, 0.15) is 21.7 Å². The maximum Gasteiger partial charge on any atom is 0.328 e. The lowest BCUT2D eigenvalue weighted by Crippen LogP contribution is -2.56. The van der Waals surface area contributed by atoms with Crippen LogP contribution < -0.4 is 5.32 Å². The highest BCUT2D eigenvalue weighted by Gasteiger charge is 2.37. The molecule has 0 fully saturated rings. The molecule has 0 radical (unpaired) electrons. The van der Waals surface area contributed by atoms with Gasteiger partial charge in [-0.25, -0.2) is 4.79 Å². The summed E-state index contributed by atoms with van der Waals surface area (Å²) in [5, 5.41) is 11.9. The topological polar surface area (TPSA) is 109 Å². The lowest BCUT2D eigenvalue weighted by Gasteiger charge is -2.36. The van der Waals surface area contributed by atoms with E-state index in [2.05, 4.69) is 11.9 Å². The van der Waals surface area contributed by atoms with E-state index in [1.54, 1.807) is 6.07 Å². The molecule has 1 aliphatic heterocycles. The van der Waals surface area contributed by atoms with Crippen molar-refractivity contribution in [2.24, 2.45) is 0 Å². The first-order valence-corrected chi connectivity index (χ1v) is 9.14. The summed E-state index contributed by atoms with van der Waals surface area (Å²) in [6, 6.07) is 8.54. The molecule has 2 heterocycles. The number of benzene rings is 1. The molecule has 8 nitrogen and oxygen atoms in total. The Hall–Kier alpha value is -3.39. The highest BCUT2D eigenvalue weighted by atomic mass is 16.5. The molecule has 0 bridgehead atoms. The third kappa shape index (κ3) is 4.72. The number of ether oxygens (including phenoxy) is 1. The van der Waals surface area contributed by atoms with Gasteiger partial charge in [-0.2, -0.15) is 0 Å². The molecule has 1 aliphatic rings. The number of nitrogens with zero attached hydrogens (tertiary/aromatic N) is 1. The van der Waals surface area contributed by atoms with E-state index >= 15 is 0 Å². The predicted octanol–water partition coefficient (Wildman–Crippen LogP) is 1.62. The Morgan fingerprint density at radius 1 is 1.28 bits per heavy atom. The van der Waals surface area contributed by atoms with Gasteiger partial charge in [-0.05, 0) is 23.3 Å². The first-order valence-electron chi connectivity index (χ1n) is 9.14. The van der Waals surface area contributed by atoms with Gasteiger partial charge in [0, 0.05) is 13.0 Å². The molecule has 0 saturated heterocycles. The summed E-state index contributed by atoms with van der Waals surface area (Å²) < 4.78 is 10.4. The van der Waals surface area contributed by atoms with Crippen molar-refractivity contribution in [2.45, 2.75) is 25.0 Å². The van der Waals surface area contributed by atoms with Crippen LogP contribution in [0, 0.1) is 0 Å². The zero-order chi connectivity index (χ0) is 20.8. The molecule has 2 amide bonds. The molecular formula is C21H22N2O6. The van der Waals surface area contributed by atoms with Crippen LogP contribution in [0.15, 0.2) is 59.7 Å². The minimum absolute atomic E-state index is 0.117. The van der Waals surface area contributed by atoms with Crippen LogP contribution in [-0.4, -0.2) is 53.1 Å². The van der Waals surface area contributed by atoms with Crippen LogP contribution in [0.4, 0.5) is 0 Å². The van der Waals surface area contributed by atoms with E-state index in [9.17, 15) is 19.5 Å². The summed E-state index contributed by atoms with van der Waals surface area (Å²) in [6.07, 6.45) is 3.15. The van der Waals surface area contributed by atoms with Crippen molar-refractivity contribution in [1.29, 1.82) is 0 Å². The maximum atomic E-state index is 13.0. The third-order valence-corrected chi connectivity index (χ3v) is 4.68. The Labute approximate surface area is 167 Å². The maximum absolute atomic E-state index is 13.0. The van der Waals surface area contributed by atoms with Crippen molar-refractivity contribution in [1.82, 2.24) is 10.2 Å². The SMILES string of the molecule is C=CCOCC(NC(=O)C1Cc2ccccc2CN1C(=O)c1ccco1)C(=O)O. The van der Waals surface area contributed by atoms with Crippen LogP contribution in [0.2, 0.25) is 0 Å². The molecule has 2 aromatic rings. The van der Waals surface area contributed by atoms with Gasteiger partial charge in [0.05, 0.1) is 19.5 Å². The lowest BCUT2D eigenvalue weighted by molar-refractivity contribution is -0.144. The summed E-state index contributed by atoms with van der Waals surface area (Å²) in [4.78, 5) is 38.8. The molecule has 29 heavy (non-hydrogen) atoms. The highest BCUT2D eigenvalue weighted by molar-refractivity contribution is 5.96. The van der Waals surface area contributed by atoms with Gasteiger partial charge in [-0.3, -0.25) is 9.59 Å². The molecule has 152 valence electrons. The van der Waals surface area contributed by atoms with Crippen molar-refractivity contribution < 1.29 is 28.6 Å². The van der Waals surface area contributed by atoms with Crippen molar-refractivity contribution in [3.63, 3.8) is 0 Å². The number of aliphatic carboxylic acids is 1. The fourth-order valence-electron chi connectivity index (χ4n) is 3.22. The second-order valence-electron chi connectivity index (χ2n) is 6.62.